The molecule has 0 unspecified atom stereocenters. The summed E-state index contributed by atoms with van der Waals surface area (Å²) >= 11 is 0. The highest BCUT2D eigenvalue weighted by Crippen LogP contribution is 2.43. The zero-order chi connectivity index (χ0) is 22.3. The summed E-state index contributed by atoms with van der Waals surface area (Å²) in [5.41, 5.74) is -0.996. The predicted octanol–water partition coefficient (Wildman–Crippen LogP) is 2.04. The molecule has 30 heavy (non-hydrogen) atoms. The van der Waals surface area contributed by atoms with Crippen LogP contribution in [0.3, 0.4) is 0 Å². The first-order valence-corrected chi connectivity index (χ1v) is 13.7. The van der Waals surface area contributed by atoms with E-state index in [1.807, 2.05) is 13.8 Å². The second-order valence-corrected chi connectivity index (χ2v) is 13.7. The highest BCUT2D eigenvalue weighted by molar-refractivity contribution is 6.71. The highest BCUT2D eigenvalue weighted by Gasteiger charge is 2.56. The number of H-pyrrole nitrogens is 1. The van der Waals surface area contributed by atoms with Crippen molar-refractivity contribution in [1.29, 1.82) is 0 Å². The fourth-order valence-electron chi connectivity index (χ4n) is 4.07. The maximum Gasteiger partial charge on any atom is 0.332 e. The molecule has 0 radical (unpaired) electrons. The molecule has 2 saturated heterocycles. The van der Waals surface area contributed by atoms with Crippen molar-refractivity contribution >= 4 is 14.1 Å². The number of aromatic amines is 1. The average molecular weight is 442 g/mol. The summed E-state index contributed by atoms with van der Waals surface area (Å²) in [4.78, 5) is 28.6. The molecule has 2 fully saturated rings. The minimum atomic E-state index is -1.82. The molecule has 0 amide bonds. The molecular weight excluding hydrogens is 406 g/mol. The molecule has 3 heterocycles. The first-order chi connectivity index (χ1) is 13.9. The minimum Gasteiger partial charge on any atom is -0.415 e. The second-order valence-electron chi connectivity index (χ2n) is 9.37. The highest BCUT2D eigenvalue weighted by atomic mass is 28.4. The van der Waals surface area contributed by atoms with E-state index in [0.717, 1.165) is 18.9 Å². The van der Waals surface area contributed by atoms with Gasteiger partial charge in [0.2, 0.25) is 0 Å². The van der Waals surface area contributed by atoms with E-state index in [9.17, 15) is 9.59 Å². The van der Waals surface area contributed by atoms with Crippen molar-refractivity contribution in [3.63, 3.8) is 0 Å². The van der Waals surface area contributed by atoms with Crippen LogP contribution >= 0.6 is 0 Å². The average Bonchev–Trinajstić information content (AvgIpc) is 3.11. The van der Waals surface area contributed by atoms with Crippen LogP contribution in [0.4, 0.5) is 5.82 Å². The minimum absolute atomic E-state index is 0.366. The Kier molecular flexibility index (Phi) is 6.64. The smallest absolute Gasteiger partial charge is 0.332 e. The predicted molar refractivity (Wildman–Crippen MR) is 117 cm³/mol. The van der Waals surface area contributed by atoms with Gasteiger partial charge < -0.3 is 23.5 Å². The maximum atomic E-state index is 12.7. The molecule has 1 aromatic heterocycles. The SMILES string of the molecule is CCCC[Si](C)(C)OC[C@H]1O[C@@H](n2c(N(C)C)cc(=O)[nH]c2=O)[C@@H]2OC(C)(C)O[C@@H]21. The Labute approximate surface area is 178 Å². The second kappa shape index (κ2) is 8.58. The maximum absolute atomic E-state index is 12.7. The molecule has 170 valence electrons. The van der Waals surface area contributed by atoms with Gasteiger partial charge in [-0.15, -0.1) is 0 Å². The Morgan fingerprint density at radius 2 is 1.90 bits per heavy atom. The van der Waals surface area contributed by atoms with Gasteiger partial charge in [0, 0.05) is 20.2 Å². The molecular formula is C20H35N3O6Si. The van der Waals surface area contributed by atoms with Crippen LogP contribution in [0, 0.1) is 0 Å². The summed E-state index contributed by atoms with van der Waals surface area (Å²) in [5.74, 6) is -0.352. The van der Waals surface area contributed by atoms with Gasteiger partial charge in [-0.3, -0.25) is 9.78 Å². The summed E-state index contributed by atoms with van der Waals surface area (Å²) in [6.45, 7) is 10.7. The van der Waals surface area contributed by atoms with E-state index in [-0.39, 0.29) is 12.2 Å². The molecule has 2 aliphatic rings. The standard InChI is InChI=1S/C20H35N3O6Si/c1-8-9-10-30(6,7)26-12-13-16-17(29-20(2,3)28-16)18(27-13)23-15(22(4)5)11-14(24)21-19(23)25/h11,13,16-18H,8-10,12H2,1-7H3,(H,21,24,25)/t13-,16-,17-,18-/m1/s1. The molecule has 1 N–H and O–H groups in total. The van der Waals surface area contributed by atoms with Gasteiger partial charge in [-0.1, -0.05) is 19.8 Å². The zero-order valence-electron chi connectivity index (χ0n) is 19.1. The van der Waals surface area contributed by atoms with Gasteiger partial charge in [-0.2, -0.15) is 0 Å². The van der Waals surface area contributed by atoms with Crippen molar-refractivity contribution in [2.45, 2.75) is 83.1 Å². The fourth-order valence-corrected chi connectivity index (χ4v) is 6.03. The number of hydrogen-bond acceptors (Lipinski definition) is 7. The molecule has 0 spiro atoms. The van der Waals surface area contributed by atoms with Gasteiger partial charge in [-0.05, 0) is 33.0 Å². The van der Waals surface area contributed by atoms with Crippen LogP contribution in [0.1, 0.15) is 39.8 Å². The van der Waals surface area contributed by atoms with E-state index >= 15 is 0 Å². The third-order valence-electron chi connectivity index (χ3n) is 5.56. The van der Waals surface area contributed by atoms with Gasteiger partial charge >= 0.3 is 5.69 Å². The molecule has 1 aromatic rings. The van der Waals surface area contributed by atoms with Crippen molar-refractivity contribution in [3.05, 3.63) is 26.9 Å². The summed E-state index contributed by atoms with van der Waals surface area (Å²) < 4.78 is 26.3. The fraction of sp³-hybridized carbons (Fsp3) is 0.800. The number of nitrogens with zero attached hydrogens (tertiary/aromatic N) is 2. The topological polar surface area (TPSA) is 95.0 Å². The van der Waals surface area contributed by atoms with E-state index in [1.54, 1.807) is 19.0 Å². The monoisotopic (exact) mass is 441 g/mol. The van der Waals surface area contributed by atoms with Crippen molar-refractivity contribution in [2.24, 2.45) is 0 Å². The lowest BCUT2D eigenvalue weighted by Gasteiger charge is -2.29. The van der Waals surface area contributed by atoms with E-state index in [0.29, 0.717) is 12.4 Å². The lowest BCUT2D eigenvalue weighted by molar-refractivity contribution is -0.199. The third kappa shape index (κ3) is 4.88. The molecule has 9 nitrogen and oxygen atoms in total. The molecule has 0 bridgehead atoms. The number of nitrogens with one attached hydrogen (secondary N) is 1. The van der Waals surface area contributed by atoms with Crippen molar-refractivity contribution in [3.8, 4) is 0 Å². The van der Waals surface area contributed by atoms with Crippen LogP contribution < -0.4 is 16.1 Å². The number of unbranched alkanes of at least 4 members (excludes halogenated alkanes) is 1. The number of hydrogen-bond donors (Lipinski definition) is 1. The van der Waals surface area contributed by atoms with Gasteiger partial charge in [0.15, 0.2) is 20.3 Å². The summed E-state index contributed by atoms with van der Waals surface area (Å²) in [6, 6.07) is 2.46. The molecule has 0 aromatic carbocycles. The van der Waals surface area contributed by atoms with Gasteiger partial charge in [0.25, 0.3) is 5.56 Å². The largest absolute Gasteiger partial charge is 0.415 e. The van der Waals surface area contributed by atoms with Gasteiger partial charge in [0.05, 0.1) is 6.61 Å². The Morgan fingerprint density at radius 3 is 2.53 bits per heavy atom. The van der Waals surface area contributed by atoms with E-state index in [1.165, 1.54) is 10.6 Å². The molecule has 0 saturated carbocycles. The molecule has 2 aliphatic heterocycles. The van der Waals surface area contributed by atoms with E-state index in [2.05, 4.69) is 25.0 Å². The molecule has 3 rings (SSSR count). The Bertz CT molecular complexity index is 865. The van der Waals surface area contributed by atoms with Crippen molar-refractivity contribution in [1.82, 2.24) is 9.55 Å². The number of aromatic nitrogens is 2. The van der Waals surface area contributed by atoms with Crippen molar-refractivity contribution < 1.29 is 18.6 Å². The molecule has 10 heteroatoms. The number of ether oxygens (including phenoxy) is 3. The van der Waals surface area contributed by atoms with E-state index < -0.39 is 37.7 Å². The lowest BCUT2D eigenvalue weighted by atomic mass is 10.1. The zero-order valence-corrected chi connectivity index (χ0v) is 20.1. The van der Waals surface area contributed by atoms with Crippen LogP contribution in [0.5, 0.6) is 0 Å². The van der Waals surface area contributed by atoms with Crippen LogP contribution in [0.15, 0.2) is 15.7 Å². The summed E-state index contributed by atoms with van der Waals surface area (Å²) in [5, 5.41) is 0. The van der Waals surface area contributed by atoms with Crippen LogP contribution in [-0.4, -0.2) is 62.7 Å². The first-order valence-electron chi connectivity index (χ1n) is 10.6. The summed E-state index contributed by atoms with van der Waals surface area (Å²) in [6.07, 6.45) is 0.327. The number of fused-ring (bicyclic) bond motifs is 1. The Hall–Kier alpha value is -1.46. The van der Waals surface area contributed by atoms with Gasteiger partial charge in [-0.25, -0.2) is 9.36 Å². The molecule has 4 atom stereocenters. The van der Waals surface area contributed by atoms with Crippen LogP contribution in [0.2, 0.25) is 19.1 Å². The molecule has 0 aliphatic carbocycles. The Morgan fingerprint density at radius 1 is 1.23 bits per heavy atom. The number of rotatable bonds is 8. The lowest BCUT2D eigenvalue weighted by Crippen LogP contribution is -2.40. The third-order valence-corrected chi connectivity index (χ3v) is 8.07. The van der Waals surface area contributed by atoms with Crippen LogP contribution in [-0.2, 0) is 18.6 Å². The summed E-state index contributed by atoms with van der Waals surface area (Å²) in [7, 11) is 1.73. The normalized spacial score (nSPS) is 28.0. The van der Waals surface area contributed by atoms with Gasteiger partial charge in [0.1, 0.15) is 24.1 Å². The first kappa shape index (κ1) is 23.2. The number of anilines is 1. The van der Waals surface area contributed by atoms with Crippen LogP contribution in [0.25, 0.3) is 0 Å². The van der Waals surface area contributed by atoms with E-state index in [4.69, 9.17) is 18.6 Å². The Balaban J connectivity index is 1.89. The quantitative estimate of drug-likeness (QED) is 0.617. The van der Waals surface area contributed by atoms with Crippen molar-refractivity contribution in [2.75, 3.05) is 25.6 Å².